The molecular formula is C18H16O5. The molecular weight excluding hydrogens is 296 g/mol. The van der Waals surface area contributed by atoms with Crippen LogP contribution in [0.5, 0.6) is 11.5 Å². The zero-order valence-corrected chi connectivity index (χ0v) is 12.4. The van der Waals surface area contributed by atoms with Crippen molar-refractivity contribution in [3.63, 3.8) is 0 Å². The number of carbonyl (C=O) groups excluding carboxylic acids is 1. The smallest absolute Gasteiger partial charge is 0.478 e. The number of benzene rings is 2. The number of carbonyl (C=O) groups is 2. The molecule has 1 N–H and O–H groups in total. The monoisotopic (exact) mass is 312 g/mol. The zero-order chi connectivity index (χ0) is 16.7. The molecule has 5 nitrogen and oxygen atoms in total. The van der Waals surface area contributed by atoms with Crippen molar-refractivity contribution in [1.29, 1.82) is 0 Å². The third-order valence-electron chi connectivity index (χ3n) is 3.09. The SMILES string of the molecule is C=C(CCc1ccc(OC(=O)Oc2ccccc2)cc1)C(=O)O. The van der Waals surface area contributed by atoms with Crippen molar-refractivity contribution in [1.82, 2.24) is 0 Å². The molecule has 0 spiro atoms. The Labute approximate surface area is 133 Å². The number of hydrogen-bond acceptors (Lipinski definition) is 4. The average Bonchev–Trinajstić information content (AvgIpc) is 2.54. The lowest BCUT2D eigenvalue weighted by Gasteiger charge is -2.06. The highest BCUT2D eigenvalue weighted by molar-refractivity contribution is 5.85. The van der Waals surface area contributed by atoms with Gasteiger partial charge in [-0.05, 0) is 42.7 Å². The highest BCUT2D eigenvalue weighted by Gasteiger charge is 2.08. The fraction of sp³-hybridized carbons (Fsp3) is 0.111. The van der Waals surface area contributed by atoms with Gasteiger partial charge in [-0.2, -0.15) is 0 Å². The highest BCUT2D eigenvalue weighted by atomic mass is 16.7. The summed E-state index contributed by atoms with van der Waals surface area (Å²) in [6, 6.07) is 15.4. The van der Waals surface area contributed by atoms with Crippen molar-refractivity contribution in [2.24, 2.45) is 0 Å². The number of rotatable bonds is 6. The van der Waals surface area contributed by atoms with Crippen LogP contribution in [-0.2, 0) is 11.2 Å². The van der Waals surface area contributed by atoms with Gasteiger partial charge in [0.15, 0.2) is 0 Å². The lowest BCUT2D eigenvalue weighted by molar-refractivity contribution is -0.132. The van der Waals surface area contributed by atoms with Crippen LogP contribution in [0.25, 0.3) is 0 Å². The largest absolute Gasteiger partial charge is 0.519 e. The van der Waals surface area contributed by atoms with E-state index in [2.05, 4.69) is 6.58 Å². The van der Waals surface area contributed by atoms with Gasteiger partial charge in [-0.15, -0.1) is 0 Å². The summed E-state index contributed by atoms with van der Waals surface area (Å²) in [6.45, 7) is 3.48. The first-order valence-electron chi connectivity index (χ1n) is 6.99. The van der Waals surface area contributed by atoms with E-state index < -0.39 is 12.1 Å². The molecule has 2 aromatic carbocycles. The summed E-state index contributed by atoms with van der Waals surface area (Å²) >= 11 is 0. The summed E-state index contributed by atoms with van der Waals surface area (Å²) < 4.78 is 10.1. The minimum absolute atomic E-state index is 0.164. The standard InChI is InChI=1S/C18H16O5/c1-13(17(19)20)7-8-14-9-11-16(12-10-14)23-18(21)22-15-5-3-2-4-6-15/h2-6,9-12H,1,7-8H2,(H,19,20). The number of hydrogen-bond donors (Lipinski definition) is 1. The summed E-state index contributed by atoms with van der Waals surface area (Å²) in [5.74, 6) is -0.235. The van der Waals surface area contributed by atoms with Crippen molar-refractivity contribution < 1.29 is 24.2 Å². The summed E-state index contributed by atoms with van der Waals surface area (Å²) in [7, 11) is 0. The van der Waals surface area contributed by atoms with Gasteiger partial charge in [0, 0.05) is 5.57 Å². The molecule has 0 bridgehead atoms. The van der Waals surface area contributed by atoms with Crippen molar-refractivity contribution >= 4 is 12.1 Å². The van der Waals surface area contributed by atoms with Crippen LogP contribution < -0.4 is 9.47 Å². The lowest BCUT2D eigenvalue weighted by Crippen LogP contribution is -2.13. The molecule has 2 rings (SSSR count). The van der Waals surface area contributed by atoms with E-state index in [0.29, 0.717) is 24.3 Å². The van der Waals surface area contributed by atoms with Gasteiger partial charge in [0.05, 0.1) is 0 Å². The van der Waals surface area contributed by atoms with E-state index in [-0.39, 0.29) is 5.57 Å². The van der Waals surface area contributed by atoms with E-state index in [0.717, 1.165) is 5.56 Å². The Kier molecular flexibility index (Phi) is 5.52. The number of carboxylic acid groups (broad SMARTS) is 1. The summed E-state index contributed by atoms with van der Waals surface area (Å²) in [5.41, 5.74) is 1.09. The first-order chi connectivity index (χ1) is 11.0. The maximum Gasteiger partial charge on any atom is 0.519 e. The van der Waals surface area contributed by atoms with Gasteiger partial charge < -0.3 is 14.6 Å². The second kappa shape index (κ2) is 7.79. The van der Waals surface area contributed by atoms with Gasteiger partial charge in [0.1, 0.15) is 11.5 Å². The van der Waals surface area contributed by atoms with Gasteiger partial charge in [-0.3, -0.25) is 0 Å². The van der Waals surface area contributed by atoms with Crippen molar-refractivity contribution in [3.05, 3.63) is 72.3 Å². The second-order valence-corrected chi connectivity index (χ2v) is 4.82. The van der Waals surface area contributed by atoms with Crippen LogP contribution in [0.3, 0.4) is 0 Å². The highest BCUT2D eigenvalue weighted by Crippen LogP contribution is 2.16. The molecule has 0 fully saturated rings. The predicted molar refractivity (Wildman–Crippen MR) is 84.6 cm³/mol. The van der Waals surface area contributed by atoms with E-state index in [4.69, 9.17) is 14.6 Å². The quantitative estimate of drug-likeness (QED) is 0.498. The molecule has 2 aromatic rings. The molecule has 0 saturated heterocycles. The van der Waals surface area contributed by atoms with Crippen LogP contribution in [-0.4, -0.2) is 17.2 Å². The summed E-state index contributed by atoms with van der Waals surface area (Å²) in [5, 5.41) is 8.75. The van der Waals surface area contributed by atoms with Crippen molar-refractivity contribution in [3.8, 4) is 11.5 Å². The van der Waals surface area contributed by atoms with Crippen molar-refractivity contribution in [2.45, 2.75) is 12.8 Å². The molecule has 0 saturated carbocycles. The van der Waals surface area contributed by atoms with Gasteiger partial charge >= 0.3 is 12.1 Å². The fourth-order valence-electron chi connectivity index (χ4n) is 1.83. The number of carboxylic acids is 1. The lowest BCUT2D eigenvalue weighted by atomic mass is 10.1. The minimum Gasteiger partial charge on any atom is -0.478 e. The molecule has 0 aromatic heterocycles. The molecule has 0 heterocycles. The maximum atomic E-state index is 11.6. The molecule has 0 aliphatic carbocycles. The fourth-order valence-corrected chi connectivity index (χ4v) is 1.83. The average molecular weight is 312 g/mol. The Balaban J connectivity index is 1.86. The Hall–Kier alpha value is -3.08. The third-order valence-corrected chi connectivity index (χ3v) is 3.09. The topological polar surface area (TPSA) is 72.8 Å². The van der Waals surface area contributed by atoms with Crippen LogP contribution in [0.4, 0.5) is 4.79 Å². The minimum atomic E-state index is -0.992. The van der Waals surface area contributed by atoms with E-state index in [1.54, 1.807) is 48.5 Å². The molecule has 5 heteroatoms. The Morgan fingerprint density at radius 1 is 0.913 bits per heavy atom. The predicted octanol–water partition coefficient (Wildman–Crippen LogP) is 3.84. The molecule has 0 aliphatic heterocycles. The second-order valence-electron chi connectivity index (χ2n) is 4.82. The van der Waals surface area contributed by atoms with Crippen LogP contribution in [0.15, 0.2) is 66.7 Å². The van der Waals surface area contributed by atoms with Crippen LogP contribution >= 0.6 is 0 Å². The van der Waals surface area contributed by atoms with Gasteiger partial charge in [0.2, 0.25) is 0 Å². The van der Waals surface area contributed by atoms with E-state index in [1.807, 2.05) is 6.07 Å². The Morgan fingerprint density at radius 2 is 1.48 bits per heavy atom. The first-order valence-corrected chi connectivity index (χ1v) is 6.99. The van der Waals surface area contributed by atoms with Crippen LogP contribution in [0, 0.1) is 0 Å². The van der Waals surface area contributed by atoms with Gasteiger partial charge in [-0.25, -0.2) is 9.59 Å². The maximum absolute atomic E-state index is 11.6. The molecule has 118 valence electrons. The molecule has 0 unspecified atom stereocenters. The van der Waals surface area contributed by atoms with E-state index in [9.17, 15) is 9.59 Å². The summed E-state index contributed by atoms with van der Waals surface area (Å²) in [6.07, 6.45) is 0.106. The Bertz CT molecular complexity index is 689. The molecule has 23 heavy (non-hydrogen) atoms. The molecule has 0 aliphatic rings. The van der Waals surface area contributed by atoms with E-state index in [1.165, 1.54) is 0 Å². The van der Waals surface area contributed by atoms with E-state index >= 15 is 0 Å². The number of aryl methyl sites for hydroxylation is 1. The third kappa shape index (κ3) is 5.32. The van der Waals surface area contributed by atoms with Crippen LogP contribution in [0.2, 0.25) is 0 Å². The van der Waals surface area contributed by atoms with Gasteiger partial charge in [0.25, 0.3) is 0 Å². The normalized spacial score (nSPS) is 9.91. The number of para-hydroxylation sites is 1. The molecule has 0 atom stereocenters. The zero-order valence-electron chi connectivity index (χ0n) is 12.4. The van der Waals surface area contributed by atoms with Gasteiger partial charge in [-0.1, -0.05) is 36.9 Å². The first kappa shape index (κ1) is 16.3. The van der Waals surface area contributed by atoms with Crippen molar-refractivity contribution in [2.75, 3.05) is 0 Å². The number of ether oxygens (including phenoxy) is 2. The molecule has 0 amide bonds. The summed E-state index contributed by atoms with van der Waals surface area (Å²) in [4.78, 5) is 22.3. The Morgan fingerprint density at radius 3 is 2.04 bits per heavy atom. The van der Waals surface area contributed by atoms with Crippen LogP contribution in [0.1, 0.15) is 12.0 Å². The molecule has 0 radical (unpaired) electrons. The number of aliphatic carboxylic acids is 1.